The van der Waals surface area contributed by atoms with Crippen LogP contribution in [0.2, 0.25) is 0 Å². The van der Waals surface area contributed by atoms with Crippen LogP contribution in [-0.4, -0.2) is 17.9 Å². The standard InChI is InChI=1S/C9H3O7P/c10-7-4-1-5-3-6(2-4)9(12)16-17(13,14-7)15-8(5)11/h1-3H. The summed E-state index contributed by atoms with van der Waals surface area (Å²) in [5.74, 6) is -2.93. The minimum absolute atomic E-state index is 0.0500. The average Bonchev–Trinajstić information content (AvgIpc) is 2.25. The number of hydrogen-bond acceptors (Lipinski definition) is 7. The Balaban J connectivity index is 2.39. The van der Waals surface area contributed by atoms with Crippen LogP contribution in [0, 0.1) is 0 Å². The fourth-order valence-electron chi connectivity index (χ4n) is 1.50. The van der Waals surface area contributed by atoms with Gasteiger partial charge in [0, 0.05) is 0 Å². The summed E-state index contributed by atoms with van der Waals surface area (Å²) in [6.45, 7) is 0. The van der Waals surface area contributed by atoms with Crippen LogP contribution in [0.15, 0.2) is 18.2 Å². The van der Waals surface area contributed by atoms with Crippen LogP contribution in [0.25, 0.3) is 0 Å². The van der Waals surface area contributed by atoms with Crippen molar-refractivity contribution >= 4 is 25.7 Å². The van der Waals surface area contributed by atoms with Crippen LogP contribution in [0.3, 0.4) is 0 Å². The van der Waals surface area contributed by atoms with E-state index in [4.69, 9.17) is 0 Å². The summed E-state index contributed by atoms with van der Waals surface area (Å²) in [5, 5.41) is 0. The van der Waals surface area contributed by atoms with Gasteiger partial charge < -0.3 is 13.6 Å². The molecule has 0 fully saturated rings. The van der Waals surface area contributed by atoms with E-state index in [0.717, 1.165) is 0 Å². The SMILES string of the molecule is O=C1OP2(=O)OC(=O)c3cc1cc(c3)C(=O)O2. The minimum atomic E-state index is -4.52. The average molecular weight is 254 g/mol. The van der Waals surface area contributed by atoms with Gasteiger partial charge >= 0.3 is 25.7 Å². The second-order valence-corrected chi connectivity index (χ2v) is 4.82. The zero-order chi connectivity index (χ0) is 12.2. The molecular weight excluding hydrogens is 251 g/mol. The third-order valence-corrected chi connectivity index (χ3v) is 3.39. The molecule has 8 heteroatoms. The number of phosphoric ester groups is 1. The van der Waals surface area contributed by atoms with E-state index in [0.29, 0.717) is 0 Å². The van der Waals surface area contributed by atoms with Crippen LogP contribution >= 0.6 is 7.82 Å². The zero-order valence-electron chi connectivity index (χ0n) is 8.04. The molecule has 0 spiro atoms. The summed E-state index contributed by atoms with van der Waals surface area (Å²) in [7, 11) is -4.52. The molecule has 3 aliphatic heterocycles. The molecule has 0 N–H and O–H groups in total. The molecule has 0 aromatic heterocycles. The van der Waals surface area contributed by atoms with Gasteiger partial charge in [0.2, 0.25) is 0 Å². The first-order chi connectivity index (χ1) is 7.97. The molecular formula is C9H3O7P. The fraction of sp³-hybridized carbons (Fsp3) is 0. The van der Waals surface area contributed by atoms with Gasteiger partial charge in [0.15, 0.2) is 0 Å². The normalized spacial score (nSPS) is 19.9. The van der Waals surface area contributed by atoms with Gasteiger partial charge in [0.05, 0.1) is 16.7 Å². The molecule has 0 saturated carbocycles. The van der Waals surface area contributed by atoms with Crippen LogP contribution in [0.4, 0.5) is 0 Å². The molecule has 7 nitrogen and oxygen atoms in total. The van der Waals surface area contributed by atoms with Crippen molar-refractivity contribution in [3.8, 4) is 0 Å². The zero-order valence-corrected chi connectivity index (χ0v) is 8.93. The Hall–Kier alpha value is -2.14. The molecule has 0 aliphatic carbocycles. The number of carbonyl (C=O) groups is 3. The van der Waals surface area contributed by atoms with Crippen LogP contribution in [-0.2, 0) is 18.1 Å². The number of benzene rings is 1. The maximum absolute atomic E-state index is 11.8. The molecule has 0 unspecified atom stereocenters. The molecule has 4 bridgehead atoms. The Labute approximate surface area is 93.9 Å². The molecule has 17 heavy (non-hydrogen) atoms. The van der Waals surface area contributed by atoms with Crippen molar-refractivity contribution in [1.82, 2.24) is 0 Å². The molecule has 3 heterocycles. The maximum Gasteiger partial charge on any atom is 0.654 e. The van der Waals surface area contributed by atoms with Crippen LogP contribution in [0.5, 0.6) is 0 Å². The summed E-state index contributed by atoms with van der Waals surface area (Å²) in [6, 6.07) is 3.57. The van der Waals surface area contributed by atoms with Gasteiger partial charge in [-0.2, -0.15) is 4.57 Å². The Morgan fingerprint density at radius 1 is 0.706 bits per heavy atom. The lowest BCUT2D eigenvalue weighted by Gasteiger charge is -2.22. The number of hydrogen-bond donors (Lipinski definition) is 0. The highest BCUT2D eigenvalue weighted by Crippen LogP contribution is 2.53. The van der Waals surface area contributed by atoms with Crippen molar-refractivity contribution in [3.63, 3.8) is 0 Å². The Bertz CT molecular complexity index is 534. The van der Waals surface area contributed by atoms with E-state index in [-0.39, 0.29) is 16.7 Å². The van der Waals surface area contributed by atoms with Crippen molar-refractivity contribution < 1.29 is 32.5 Å². The predicted molar refractivity (Wildman–Crippen MR) is 50.3 cm³/mol. The van der Waals surface area contributed by atoms with Gasteiger partial charge in [-0.15, -0.1) is 0 Å². The highest BCUT2D eigenvalue weighted by Gasteiger charge is 2.44. The highest BCUT2D eigenvalue weighted by molar-refractivity contribution is 7.50. The third-order valence-electron chi connectivity index (χ3n) is 2.22. The van der Waals surface area contributed by atoms with E-state index in [1.54, 1.807) is 0 Å². The fourth-order valence-corrected chi connectivity index (χ4v) is 2.54. The van der Waals surface area contributed by atoms with Crippen LogP contribution < -0.4 is 0 Å². The van der Waals surface area contributed by atoms with E-state index in [2.05, 4.69) is 13.6 Å². The molecule has 0 amide bonds. The lowest BCUT2D eigenvalue weighted by molar-refractivity contribution is 0.0449. The van der Waals surface area contributed by atoms with Crippen molar-refractivity contribution in [3.05, 3.63) is 34.9 Å². The molecule has 1 aromatic carbocycles. The van der Waals surface area contributed by atoms with Gasteiger partial charge in [-0.3, -0.25) is 0 Å². The number of fused-ring (bicyclic) bond motifs is 3. The summed E-state index contributed by atoms with van der Waals surface area (Å²) in [5.41, 5.74) is -0.150. The monoisotopic (exact) mass is 254 g/mol. The molecule has 3 aliphatic rings. The highest BCUT2D eigenvalue weighted by atomic mass is 31.2. The van der Waals surface area contributed by atoms with Gasteiger partial charge in [-0.1, -0.05) is 0 Å². The van der Waals surface area contributed by atoms with Crippen molar-refractivity contribution in [2.75, 3.05) is 0 Å². The van der Waals surface area contributed by atoms with Gasteiger partial charge in [-0.25, -0.2) is 14.4 Å². The third kappa shape index (κ3) is 1.43. The van der Waals surface area contributed by atoms with Crippen molar-refractivity contribution in [2.24, 2.45) is 0 Å². The van der Waals surface area contributed by atoms with E-state index >= 15 is 0 Å². The van der Waals surface area contributed by atoms with E-state index < -0.39 is 25.7 Å². The quantitative estimate of drug-likeness (QED) is 0.643. The Kier molecular flexibility index (Phi) is 1.74. The van der Waals surface area contributed by atoms with Crippen molar-refractivity contribution in [2.45, 2.75) is 0 Å². The number of phosphoric acid groups is 1. The Morgan fingerprint density at radius 3 is 1.29 bits per heavy atom. The molecule has 0 atom stereocenters. The van der Waals surface area contributed by atoms with E-state index in [1.807, 2.05) is 0 Å². The summed E-state index contributed by atoms with van der Waals surface area (Å²) in [6.07, 6.45) is 0. The first-order valence-corrected chi connectivity index (χ1v) is 5.90. The second-order valence-electron chi connectivity index (χ2n) is 3.38. The molecule has 0 radical (unpaired) electrons. The first kappa shape index (κ1) is 10.0. The smallest absolute Gasteiger partial charge is 0.348 e. The number of rotatable bonds is 0. The molecule has 4 rings (SSSR count). The van der Waals surface area contributed by atoms with Gasteiger partial charge in [-0.05, 0) is 18.2 Å². The Morgan fingerprint density at radius 2 is 1.00 bits per heavy atom. The summed E-state index contributed by atoms with van der Waals surface area (Å²) in [4.78, 5) is 34.4. The van der Waals surface area contributed by atoms with E-state index in [1.165, 1.54) is 18.2 Å². The summed E-state index contributed by atoms with van der Waals surface area (Å²) < 4.78 is 24.9. The lowest BCUT2D eigenvalue weighted by atomic mass is 10.1. The summed E-state index contributed by atoms with van der Waals surface area (Å²) >= 11 is 0. The van der Waals surface area contributed by atoms with Gasteiger partial charge in [0.25, 0.3) is 0 Å². The topological polar surface area (TPSA) is 96.0 Å². The van der Waals surface area contributed by atoms with Gasteiger partial charge in [0.1, 0.15) is 0 Å². The lowest BCUT2D eigenvalue weighted by Crippen LogP contribution is -2.22. The predicted octanol–water partition coefficient (Wildman–Crippen LogP) is 1.29. The maximum atomic E-state index is 11.8. The molecule has 1 aromatic rings. The van der Waals surface area contributed by atoms with E-state index in [9.17, 15) is 18.9 Å². The largest absolute Gasteiger partial charge is 0.654 e. The molecule has 86 valence electrons. The van der Waals surface area contributed by atoms with Crippen LogP contribution in [0.1, 0.15) is 31.1 Å². The first-order valence-electron chi connectivity index (χ1n) is 4.44. The van der Waals surface area contributed by atoms with Crippen molar-refractivity contribution in [1.29, 1.82) is 0 Å². The molecule has 0 saturated heterocycles. The number of carbonyl (C=O) groups excluding carboxylic acids is 3. The minimum Gasteiger partial charge on any atom is -0.348 e. The second kappa shape index (κ2) is 2.95.